The van der Waals surface area contributed by atoms with Crippen LogP contribution in [0.25, 0.3) is 0 Å². The number of hydrogen-bond acceptors (Lipinski definition) is 4. The van der Waals surface area contributed by atoms with E-state index < -0.39 is 8.32 Å². The summed E-state index contributed by atoms with van der Waals surface area (Å²) in [5.74, 6) is 1.83. The van der Waals surface area contributed by atoms with Crippen molar-refractivity contribution < 1.29 is 9.16 Å². The van der Waals surface area contributed by atoms with Gasteiger partial charge in [-0.2, -0.15) is 0 Å². The molecule has 25 heavy (non-hydrogen) atoms. The van der Waals surface area contributed by atoms with Gasteiger partial charge in [-0.05, 0) is 74.9 Å². The Hall–Kier alpha value is -1.69. The minimum atomic E-state index is -1.73. The molecule has 0 fully saturated rings. The van der Waals surface area contributed by atoms with Crippen LogP contribution in [0.1, 0.15) is 5.56 Å². The number of halogens is 1. The van der Waals surface area contributed by atoms with E-state index in [0.29, 0.717) is 16.7 Å². The molecule has 0 unspecified atom stereocenters. The highest BCUT2D eigenvalue weighted by molar-refractivity contribution is 7.98. The van der Waals surface area contributed by atoms with Crippen molar-refractivity contribution in [2.24, 2.45) is 4.99 Å². The SMILES string of the molecule is C=C(/N=C/c1cc(Cl)ccc1Oc1ccc(SC)cc1)O[Si](C)(C)C. The van der Waals surface area contributed by atoms with Gasteiger partial charge < -0.3 is 9.16 Å². The maximum Gasteiger partial charge on any atom is 0.244 e. The van der Waals surface area contributed by atoms with E-state index >= 15 is 0 Å². The molecule has 0 atom stereocenters. The quantitative estimate of drug-likeness (QED) is 0.230. The molecule has 0 bridgehead atoms. The van der Waals surface area contributed by atoms with Crippen molar-refractivity contribution in [3.8, 4) is 11.5 Å². The Kier molecular flexibility index (Phi) is 6.76. The highest BCUT2D eigenvalue weighted by atomic mass is 35.5. The van der Waals surface area contributed by atoms with Crippen LogP contribution in [-0.4, -0.2) is 20.8 Å². The van der Waals surface area contributed by atoms with Crippen molar-refractivity contribution in [3.05, 3.63) is 65.5 Å². The predicted octanol–water partition coefficient (Wildman–Crippen LogP) is 6.60. The van der Waals surface area contributed by atoms with E-state index in [1.165, 1.54) is 4.90 Å². The molecule has 0 spiro atoms. The van der Waals surface area contributed by atoms with Crippen LogP contribution < -0.4 is 4.74 Å². The number of hydrogen-bond donors (Lipinski definition) is 0. The number of nitrogens with zero attached hydrogens (tertiary/aromatic N) is 1. The molecule has 0 aliphatic rings. The molecule has 2 rings (SSSR count). The standard InChI is InChI=1S/C19H22ClNO2SSi/c1-14(23-25(3,4)5)21-13-15-12-16(20)6-11-19(15)22-17-7-9-18(24-2)10-8-17/h6-13H,1H2,2-5H3/b21-13+. The summed E-state index contributed by atoms with van der Waals surface area (Å²) in [7, 11) is -1.73. The highest BCUT2D eigenvalue weighted by Gasteiger charge is 2.16. The highest BCUT2D eigenvalue weighted by Crippen LogP contribution is 2.28. The van der Waals surface area contributed by atoms with Gasteiger partial charge in [-0.25, -0.2) is 4.99 Å². The molecule has 0 aliphatic heterocycles. The van der Waals surface area contributed by atoms with Gasteiger partial charge in [-0.3, -0.25) is 0 Å². The second-order valence-electron chi connectivity index (χ2n) is 6.33. The molecule has 0 saturated carbocycles. The summed E-state index contributed by atoms with van der Waals surface area (Å²) < 4.78 is 11.7. The van der Waals surface area contributed by atoms with Gasteiger partial charge in [0, 0.05) is 21.7 Å². The van der Waals surface area contributed by atoms with E-state index in [0.717, 1.165) is 11.3 Å². The molecule has 0 amide bonds. The van der Waals surface area contributed by atoms with Crippen LogP contribution in [0.2, 0.25) is 24.7 Å². The van der Waals surface area contributed by atoms with Crippen molar-refractivity contribution >= 4 is 37.9 Å². The van der Waals surface area contributed by atoms with Crippen molar-refractivity contribution in [1.82, 2.24) is 0 Å². The van der Waals surface area contributed by atoms with Crippen LogP contribution in [0.5, 0.6) is 11.5 Å². The molecule has 0 aromatic heterocycles. The van der Waals surface area contributed by atoms with Gasteiger partial charge in [0.05, 0.1) is 0 Å². The smallest absolute Gasteiger partial charge is 0.244 e. The zero-order valence-electron chi connectivity index (χ0n) is 14.9. The summed E-state index contributed by atoms with van der Waals surface area (Å²) in [6, 6.07) is 13.3. The summed E-state index contributed by atoms with van der Waals surface area (Å²) in [4.78, 5) is 5.49. The van der Waals surface area contributed by atoms with Crippen LogP contribution in [0.4, 0.5) is 0 Å². The maximum absolute atomic E-state index is 6.11. The van der Waals surface area contributed by atoms with Gasteiger partial charge in [0.25, 0.3) is 0 Å². The fourth-order valence-electron chi connectivity index (χ4n) is 2.01. The third-order valence-corrected chi connectivity index (χ3v) is 4.86. The zero-order valence-corrected chi connectivity index (χ0v) is 17.4. The normalized spacial score (nSPS) is 11.6. The summed E-state index contributed by atoms with van der Waals surface area (Å²) in [5, 5.41) is 0.614. The Labute approximate surface area is 159 Å². The average Bonchev–Trinajstić information content (AvgIpc) is 2.54. The van der Waals surface area contributed by atoms with E-state index in [1.807, 2.05) is 36.6 Å². The van der Waals surface area contributed by atoms with Crippen molar-refractivity contribution in [2.45, 2.75) is 24.5 Å². The topological polar surface area (TPSA) is 30.8 Å². The molecule has 0 radical (unpaired) electrons. The van der Waals surface area contributed by atoms with Gasteiger partial charge in [-0.15, -0.1) is 11.8 Å². The molecule has 2 aromatic carbocycles. The minimum absolute atomic E-state index is 0.398. The van der Waals surface area contributed by atoms with Crippen molar-refractivity contribution in [2.75, 3.05) is 6.26 Å². The Balaban J connectivity index is 2.20. The lowest BCUT2D eigenvalue weighted by molar-refractivity contribution is 0.421. The molecular formula is C19H22ClNO2SSi. The third kappa shape index (κ3) is 6.61. The molecule has 3 nitrogen and oxygen atoms in total. The van der Waals surface area contributed by atoms with E-state index in [1.54, 1.807) is 30.1 Å². The monoisotopic (exact) mass is 391 g/mol. The Morgan fingerprint density at radius 2 is 1.84 bits per heavy atom. The first-order valence-corrected chi connectivity index (χ1v) is 12.8. The summed E-state index contributed by atoms with van der Waals surface area (Å²) in [6.45, 7) is 10.1. The van der Waals surface area contributed by atoms with Crippen molar-refractivity contribution in [3.63, 3.8) is 0 Å². The molecule has 0 aliphatic carbocycles. The number of benzene rings is 2. The van der Waals surface area contributed by atoms with Crippen LogP contribution in [-0.2, 0) is 4.43 Å². The molecule has 0 N–H and O–H groups in total. The molecule has 0 saturated heterocycles. The number of ether oxygens (including phenoxy) is 1. The first-order chi connectivity index (χ1) is 11.8. The molecule has 2 aromatic rings. The lowest BCUT2D eigenvalue weighted by atomic mass is 10.2. The summed E-state index contributed by atoms with van der Waals surface area (Å²) >= 11 is 7.80. The zero-order chi connectivity index (χ0) is 18.4. The number of rotatable bonds is 7. The molecule has 6 heteroatoms. The number of aliphatic imine (C=N–C) groups is 1. The van der Waals surface area contributed by atoms with E-state index in [-0.39, 0.29) is 0 Å². The Morgan fingerprint density at radius 3 is 2.44 bits per heavy atom. The van der Waals surface area contributed by atoms with Crippen LogP contribution in [0.15, 0.2) is 64.8 Å². The van der Waals surface area contributed by atoms with Gasteiger partial charge in [-0.1, -0.05) is 11.6 Å². The molecule has 0 heterocycles. The fraction of sp³-hybridized carbons (Fsp3) is 0.211. The summed E-state index contributed by atoms with van der Waals surface area (Å²) in [5.41, 5.74) is 0.766. The summed E-state index contributed by atoms with van der Waals surface area (Å²) in [6.07, 6.45) is 3.71. The second kappa shape index (κ2) is 8.60. The molecular weight excluding hydrogens is 370 g/mol. The lowest BCUT2D eigenvalue weighted by Crippen LogP contribution is -2.24. The van der Waals surface area contributed by atoms with Gasteiger partial charge in [0.1, 0.15) is 11.5 Å². The fourth-order valence-corrected chi connectivity index (χ4v) is 3.35. The Bertz CT molecular complexity index is 770. The minimum Gasteiger partial charge on any atom is -0.532 e. The first kappa shape index (κ1) is 19.6. The predicted molar refractivity (Wildman–Crippen MR) is 111 cm³/mol. The third-order valence-electron chi connectivity index (χ3n) is 3.03. The van der Waals surface area contributed by atoms with Crippen LogP contribution in [0.3, 0.4) is 0 Å². The van der Waals surface area contributed by atoms with Crippen LogP contribution in [0, 0.1) is 0 Å². The van der Waals surface area contributed by atoms with Gasteiger partial charge in [0.2, 0.25) is 8.32 Å². The van der Waals surface area contributed by atoms with E-state index in [4.69, 9.17) is 20.8 Å². The average molecular weight is 392 g/mol. The first-order valence-electron chi connectivity index (χ1n) is 7.80. The van der Waals surface area contributed by atoms with Gasteiger partial charge in [0.15, 0.2) is 5.88 Å². The van der Waals surface area contributed by atoms with E-state index in [9.17, 15) is 0 Å². The van der Waals surface area contributed by atoms with Crippen LogP contribution >= 0.6 is 23.4 Å². The largest absolute Gasteiger partial charge is 0.532 e. The van der Waals surface area contributed by atoms with Gasteiger partial charge >= 0.3 is 0 Å². The van der Waals surface area contributed by atoms with Crippen molar-refractivity contribution in [1.29, 1.82) is 0 Å². The Morgan fingerprint density at radius 1 is 1.16 bits per heavy atom. The van der Waals surface area contributed by atoms with E-state index in [2.05, 4.69) is 31.2 Å². The molecule has 132 valence electrons. The maximum atomic E-state index is 6.11. The second-order valence-corrected chi connectivity index (χ2v) is 12.1. The lowest BCUT2D eigenvalue weighted by Gasteiger charge is -2.18. The number of thioether (sulfide) groups is 1.